The van der Waals surface area contributed by atoms with E-state index < -0.39 is 0 Å². The van der Waals surface area contributed by atoms with Gasteiger partial charge < -0.3 is 15.7 Å². The van der Waals surface area contributed by atoms with E-state index in [-0.39, 0.29) is 24.1 Å². The van der Waals surface area contributed by atoms with Crippen LogP contribution in [-0.2, 0) is 4.79 Å². The molecule has 3 N–H and O–H groups in total. The van der Waals surface area contributed by atoms with Gasteiger partial charge in [0.1, 0.15) is 0 Å². The average Bonchev–Trinajstić information content (AvgIpc) is 2.77. The molecule has 4 heteroatoms. The molecule has 1 aliphatic heterocycles. The molecule has 1 amide bonds. The van der Waals surface area contributed by atoms with Gasteiger partial charge in [0.25, 0.3) is 0 Å². The molecule has 0 unspecified atom stereocenters. The molecular weight excluding hydrogens is 180 g/mol. The van der Waals surface area contributed by atoms with Gasteiger partial charge in [0.05, 0.1) is 12.1 Å². The normalized spacial score (nSPS) is 40.6. The summed E-state index contributed by atoms with van der Waals surface area (Å²) in [6.07, 6.45) is 3.03. The lowest BCUT2D eigenvalue weighted by Crippen LogP contribution is -2.41. The Labute approximate surface area is 83.4 Å². The summed E-state index contributed by atoms with van der Waals surface area (Å²) in [5.41, 5.74) is 0. The van der Waals surface area contributed by atoms with E-state index in [9.17, 15) is 9.90 Å². The van der Waals surface area contributed by atoms with Crippen LogP contribution in [-0.4, -0.2) is 35.7 Å². The summed E-state index contributed by atoms with van der Waals surface area (Å²) < 4.78 is 0. The molecule has 4 atom stereocenters. The third kappa shape index (κ3) is 1.96. The number of amides is 1. The molecule has 1 saturated carbocycles. The molecule has 2 aliphatic rings. The molecular formula is C10H16N2O2. The van der Waals surface area contributed by atoms with E-state index in [2.05, 4.69) is 17.2 Å². The Balaban J connectivity index is 1.76. The Kier molecular flexibility index (Phi) is 2.56. The number of β-amino-alcohol motifs (C(OH)–C–C–N with tert-alkyl or cyclic N) is 1. The van der Waals surface area contributed by atoms with Gasteiger partial charge in [0.15, 0.2) is 0 Å². The van der Waals surface area contributed by atoms with E-state index in [1.807, 2.05) is 6.08 Å². The molecule has 1 heterocycles. The van der Waals surface area contributed by atoms with Crippen LogP contribution in [0.25, 0.3) is 0 Å². The smallest absolute Gasteiger partial charge is 0.237 e. The molecule has 1 aliphatic carbocycles. The van der Waals surface area contributed by atoms with Gasteiger partial charge in [-0.15, -0.1) is 6.58 Å². The lowest BCUT2D eigenvalue weighted by molar-refractivity contribution is -0.123. The number of carbonyl (C=O) groups is 1. The first kappa shape index (κ1) is 9.68. The minimum atomic E-state index is -0.375. The molecule has 2 fully saturated rings. The van der Waals surface area contributed by atoms with E-state index in [0.717, 1.165) is 6.42 Å². The highest BCUT2D eigenvalue weighted by atomic mass is 16.3. The summed E-state index contributed by atoms with van der Waals surface area (Å²) in [5.74, 6) is 0.459. The fourth-order valence-corrected chi connectivity index (χ4v) is 1.84. The second-order valence-electron chi connectivity index (χ2n) is 4.10. The van der Waals surface area contributed by atoms with Crippen molar-refractivity contribution in [3.05, 3.63) is 12.7 Å². The van der Waals surface area contributed by atoms with Crippen molar-refractivity contribution in [2.45, 2.75) is 31.0 Å². The molecule has 0 bridgehead atoms. The van der Waals surface area contributed by atoms with Crippen LogP contribution >= 0.6 is 0 Å². The number of carbonyl (C=O) groups excluding carboxylic acids is 1. The van der Waals surface area contributed by atoms with Gasteiger partial charge in [-0.2, -0.15) is 0 Å². The zero-order valence-corrected chi connectivity index (χ0v) is 8.07. The maximum atomic E-state index is 11.6. The predicted molar refractivity (Wildman–Crippen MR) is 52.6 cm³/mol. The van der Waals surface area contributed by atoms with Crippen molar-refractivity contribution in [2.75, 3.05) is 6.54 Å². The lowest BCUT2D eigenvalue weighted by Gasteiger charge is -2.10. The van der Waals surface area contributed by atoms with E-state index in [0.29, 0.717) is 18.9 Å². The van der Waals surface area contributed by atoms with Crippen LogP contribution in [0.2, 0.25) is 0 Å². The number of hydrogen-bond acceptors (Lipinski definition) is 3. The second-order valence-corrected chi connectivity index (χ2v) is 4.10. The number of nitrogens with one attached hydrogen (secondary N) is 2. The minimum Gasteiger partial charge on any atom is -0.392 e. The Morgan fingerprint density at radius 3 is 2.86 bits per heavy atom. The predicted octanol–water partition coefficient (Wildman–Crippen LogP) is -0.600. The Hall–Kier alpha value is -0.870. The molecule has 0 aromatic rings. The average molecular weight is 196 g/mol. The van der Waals surface area contributed by atoms with Gasteiger partial charge in [-0.1, -0.05) is 6.08 Å². The van der Waals surface area contributed by atoms with Gasteiger partial charge in [0, 0.05) is 12.6 Å². The highest BCUT2D eigenvalue weighted by molar-refractivity contribution is 5.82. The number of aliphatic hydroxyl groups is 1. The Morgan fingerprint density at radius 2 is 2.36 bits per heavy atom. The van der Waals surface area contributed by atoms with E-state index >= 15 is 0 Å². The van der Waals surface area contributed by atoms with Crippen molar-refractivity contribution in [1.29, 1.82) is 0 Å². The molecule has 0 aromatic heterocycles. The van der Waals surface area contributed by atoms with Crippen molar-refractivity contribution >= 4 is 5.91 Å². The van der Waals surface area contributed by atoms with Gasteiger partial charge in [-0.05, 0) is 18.8 Å². The highest BCUT2D eigenvalue weighted by Crippen LogP contribution is 2.31. The van der Waals surface area contributed by atoms with Crippen molar-refractivity contribution in [3.63, 3.8) is 0 Å². The van der Waals surface area contributed by atoms with Crippen LogP contribution in [0.5, 0.6) is 0 Å². The number of hydrogen-bond donors (Lipinski definition) is 3. The Bertz CT molecular complexity index is 255. The summed E-state index contributed by atoms with van der Waals surface area (Å²) in [4.78, 5) is 11.6. The Morgan fingerprint density at radius 1 is 1.57 bits per heavy atom. The van der Waals surface area contributed by atoms with Crippen LogP contribution in [0, 0.1) is 5.92 Å². The molecule has 0 aromatic carbocycles. The maximum absolute atomic E-state index is 11.6. The summed E-state index contributed by atoms with van der Waals surface area (Å²) in [5, 5.41) is 15.2. The summed E-state index contributed by atoms with van der Waals surface area (Å²) >= 11 is 0. The molecule has 1 saturated heterocycles. The first-order valence-electron chi connectivity index (χ1n) is 5.05. The van der Waals surface area contributed by atoms with Crippen molar-refractivity contribution in [2.24, 2.45) is 5.92 Å². The van der Waals surface area contributed by atoms with Crippen molar-refractivity contribution in [3.8, 4) is 0 Å². The van der Waals surface area contributed by atoms with Crippen LogP contribution in [0.3, 0.4) is 0 Å². The first-order valence-corrected chi connectivity index (χ1v) is 5.05. The van der Waals surface area contributed by atoms with E-state index in [1.54, 1.807) is 0 Å². The fourth-order valence-electron chi connectivity index (χ4n) is 1.84. The summed E-state index contributed by atoms with van der Waals surface area (Å²) in [7, 11) is 0. The van der Waals surface area contributed by atoms with Crippen molar-refractivity contribution in [1.82, 2.24) is 10.6 Å². The number of aliphatic hydroxyl groups excluding tert-OH is 1. The van der Waals surface area contributed by atoms with E-state index in [1.165, 1.54) is 0 Å². The first-order chi connectivity index (χ1) is 6.70. The minimum absolute atomic E-state index is 0.0101. The summed E-state index contributed by atoms with van der Waals surface area (Å²) in [6, 6.07) is 0.0654. The number of rotatable bonds is 3. The molecule has 78 valence electrons. The molecule has 0 radical (unpaired) electrons. The topological polar surface area (TPSA) is 61.4 Å². The summed E-state index contributed by atoms with van der Waals surface area (Å²) in [6.45, 7) is 4.20. The van der Waals surface area contributed by atoms with Gasteiger partial charge in [-0.3, -0.25) is 4.79 Å². The molecule has 0 spiro atoms. The SMILES string of the molecule is C=C[C@H]1C[C@@H]1NC(=O)[C@@H]1C[C@@H](O)CN1. The molecule has 4 nitrogen and oxygen atoms in total. The quantitative estimate of drug-likeness (QED) is 0.528. The van der Waals surface area contributed by atoms with Crippen molar-refractivity contribution < 1.29 is 9.90 Å². The van der Waals surface area contributed by atoms with Gasteiger partial charge in [-0.25, -0.2) is 0 Å². The zero-order valence-electron chi connectivity index (χ0n) is 8.07. The van der Waals surface area contributed by atoms with Crippen LogP contribution in [0.4, 0.5) is 0 Å². The second kappa shape index (κ2) is 3.71. The third-order valence-corrected chi connectivity index (χ3v) is 2.89. The van der Waals surface area contributed by atoms with Crippen LogP contribution in [0.15, 0.2) is 12.7 Å². The lowest BCUT2D eigenvalue weighted by atomic mass is 10.2. The highest BCUT2D eigenvalue weighted by Gasteiger charge is 2.38. The van der Waals surface area contributed by atoms with E-state index in [4.69, 9.17) is 0 Å². The standard InChI is InChI=1S/C10H16N2O2/c1-2-6-3-8(6)12-10(14)9-4-7(13)5-11-9/h2,6-9,11,13H,1,3-5H2,(H,12,14)/t6-,7+,8-,9-/m0/s1. The largest absolute Gasteiger partial charge is 0.392 e. The monoisotopic (exact) mass is 196 g/mol. The van der Waals surface area contributed by atoms with Gasteiger partial charge >= 0.3 is 0 Å². The third-order valence-electron chi connectivity index (χ3n) is 2.89. The van der Waals surface area contributed by atoms with Crippen LogP contribution in [0.1, 0.15) is 12.8 Å². The van der Waals surface area contributed by atoms with Gasteiger partial charge in [0.2, 0.25) is 5.91 Å². The fraction of sp³-hybridized carbons (Fsp3) is 0.700. The molecule has 2 rings (SSSR count). The molecule has 14 heavy (non-hydrogen) atoms. The maximum Gasteiger partial charge on any atom is 0.237 e. The van der Waals surface area contributed by atoms with Crippen LogP contribution < -0.4 is 10.6 Å². The zero-order chi connectivity index (χ0) is 10.1.